The van der Waals surface area contributed by atoms with Gasteiger partial charge in [0.2, 0.25) is 0 Å². The molecule has 1 aromatic heterocycles. The Morgan fingerprint density at radius 2 is 2.04 bits per heavy atom. The second kappa shape index (κ2) is 7.72. The molecule has 2 aliphatic rings. The van der Waals surface area contributed by atoms with Gasteiger partial charge in [-0.05, 0) is 40.5 Å². The zero-order valence-corrected chi connectivity index (χ0v) is 18.0. The van der Waals surface area contributed by atoms with Crippen LogP contribution in [0.15, 0.2) is 46.0 Å². The maximum absolute atomic E-state index is 5.75. The minimum absolute atomic E-state index is 0.0482. The summed E-state index contributed by atoms with van der Waals surface area (Å²) >= 11 is 5.48. The number of amidine groups is 1. The Bertz CT molecular complexity index is 862. The van der Waals surface area contributed by atoms with Crippen molar-refractivity contribution in [2.45, 2.75) is 31.5 Å². The second-order valence-electron chi connectivity index (χ2n) is 6.57. The molecule has 0 spiro atoms. The Morgan fingerprint density at radius 3 is 2.70 bits per heavy atom. The SMILES string of the molecule is CC[C@@H]1CSC2=N[C@@H](c3ccccn3)[C@H](c3cc(Br)c(OC)cc3OC)N21. The molecule has 2 aromatic rings. The molecule has 0 N–H and O–H groups in total. The zero-order chi connectivity index (χ0) is 19.0. The van der Waals surface area contributed by atoms with Crippen molar-refractivity contribution in [1.29, 1.82) is 0 Å². The van der Waals surface area contributed by atoms with Crippen molar-refractivity contribution in [3.8, 4) is 11.5 Å². The first kappa shape index (κ1) is 18.6. The molecule has 0 amide bonds. The monoisotopic (exact) mass is 447 g/mol. The maximum atomic E-state index is 5.75. The molecule has 4 rings (SSSR count). The van der Waals surface area contributed by atoms with Crippen molar-refractivity contribution >= 4 is 32.9 Å². The van der Waals surface area contributed by atoms with Crippen molar-refractivity contribution in [1.82, 2.24) is 9.88 Å². The van der Waals surface area contributed by atoms with E-state index in [9.17, 15) is 0 Å². The van der Waals surface area contributed by atoms with Gasteiger partial charge < -0.3 is 14.4 Å². The number of aliphatic imine (C=N–C) groups is 1. The number of hydrogen-bond donors (Lipinski definition) is 0. The number of rotatable bonds is 5. The normalized spacial score (nSPS) is 23.9. The molecule has 27 heavy (non-hydrogen) atoms. The lowest BCUT2D eigenvalue weighted by Crippen LogP contribution is -2.35. The molecule has 2 aliphatic heterocycles. The Balaban J connectivity index is 1.86. The molecule has 3 heterocycles. The van der Waals surface area contributed by atoms with E-state index in [1.165, 1.54) is 0 Å². The number of benzene rings is 1. The van der Waals surface area contributed by atoms with Crippen LogP contribution in [-0.4, -0.2) is 41.1 Å². The topological polar surface area (TPSA) is 47.0 Å². The van der Waals surface area contributed by atoms with Gasteiger partial charge in [0.25, 0.3) is 0 Å². The van der Waals surface area contributed by atoms with Gasteiger partial charge >= 0.3 is 0 Å². The van der Waals surface area contributed by atoms with E-state index in [1.54, 1.807) is 14.2 Å². The summed E-state index contributed by atoms with van der Waals surface area (Å²) in [5.41, 5.74) is 2.08. The number of aromatic nitrogens is 1. The number of methoxy groups -OCH3 is 2. The van der Waals surface area contributed by atoms with Gasteiger partial charge in [-0.25, -0.2) is 0 Å². The van der Waals surface area contributed by atoms with Crippen LogP contribution in [0.25, 0.3) is 0 Å². The van der Waals surface area contributed by atoms with E-state index in [-0.39, 0.29) is 12.1 Å². The van der Waals surface area contributed by atoms with Gasteiger partial charge in [0.15, 0.2) is 5.17 Å². The van der Waals surface area contributed by atoms with Crippen LogP contribution in [0.3, 0.4) is 0 Å². The molecular formula is C20H22BrN3O2S. The number of fused-ring (bicyclic) bond motifs is 1. The minimum atomic E-state index is -0.0581. The lowest BCUT2D eigenvalue weighted by Gasteiger charge is -2.33. The number of hydrogen-bond acceptors (Lipinski definition) is 6. The molecule has 1 fully saturated rings. The van der Waals surface area contributed by atoms with E-state index in [4.69, 9.17) is 14.5 Å². The van der Waals surface area contributed by atoms with Gasteiger partial charge in [-0.3, -0.25) is 9.98 Å². The van der Waals surface area contributed by atoms with Gasteiger partial charge in [0.05, 0.1) is 30.4 Å². The highest BCUT2D eigenvalue weighted by Gasteiger charge is 2.46. The van der Waals surface area contributed by atoms with Gasteiger partial charge in [0, 0.05) is 29.6 Å². The van der Waals surface area contributed by atoms with E-state index < -0.39 is 0 Å². The Morgan fingerprint density at radius 1 is 1.22 bits per heavy atom. The number of thioether (sulfide) groups is 1. The first-order valence-corrected chi connectivity index (χ1v) is 10.8. The molecule has 0 saturated carbocycles. The molecule has 7 heteroatoms. The van der Waals surface area contributed by atoms with E-state index in [0.29, 0.717) is 6.04 Å². The van der Waals surface area contributed by atoms with Crippen LogP contribution in [0.5, 0.6) is 11.5 Å². The van der Waals surface area contributed by atoms with Crippen LogP contribution in [0, 0.1) is 0 Å². The quantitative estimate of drug-likeness (QED) is 0.655. The van der Waals surface area contributed by atoms with Crippen molar-refractivity contribution in [2.24, 2.45) is 4.99 Å². The standard InChI is InChI=1S/C20H22BrN3O2S/c1-4-12-11-27-20-23-18(15-7-5-6-8-22-15)19(24(12)20)13-9-14(21)17(26-3)10-16(13)25-2/h5-10,12,18-19H,4,11H2,1-3H3/t12-,18+,19+/m1/s1. The van der Waals surface area contributed by atoms with Crippen LogP contribution in [0.2, 0.25) is 0 Å². The lowest BCUT2D eigenvalue weighted by atomic mass is 9.94. The van der Waals surface area contributed by atoms with E-state index >= 15 is 0 Å². The van der Waals surface area contributed by atoms with Gasteiger partial charge in [-0.15, -0.1) is 0 Å². The summed E-state index contributed by atoms with van der Waals surface area (Å²) in [5.74, 6) is 2.64. The number of halogens is 1. The van der Waals surface area contributed by atoms with E-state index in [1.807, 2.05) is 36.2 Å². The molecule has 1 aromatic carbocycles. The number of pyridine rings is 1. The molecule has 5 nitrogen and oxygen atoms in total. The summed E-state index contributed by atoms with van der Waals surface area (Å²) in [6.45, 7) is 2.24. The molecule has 1 saturated heterocycles. The Kier molecular flexibility index (Phi) is 5.32. The summed E-state index contributed by atoms with van der Waals surface area (Å²) in [5, 5.41) is 1.11. The molecule has 142 valence electrons. The largest absolute Gasteiger partial charge is 0.496 e. The van der Waals surface area contributed by atoms with Crippen LogP contribution < -0.4 is 9.47 Å². The number of ether oxygens (including phenoxy) is 2. The van der Waals surface area contributed by atoms with Crippen molar-refractivity contribution in [2.75, 3.05) is 20.0 Å². The zero-order valence-electron chi connectivity index (χ0n) is 15.6. The van der Waals surface area contributed by atoms with E-state index in [0.717, 1.165) is 44.6 Å². The fourth-order valence-electron chi connectivity index (χ4n) is 3.80. The first-order chi connectivity index (χ1) is 13.2. The van der Waals surface area contributed by atoms with Crippen LogP contribution in [0.4, 0.5) is 0 Å². The smallest absolute Gasteiger partial charge is 0.160 e. The number of nitrogens with zero attached hydrogens (tertiary/aromatic N) is 3. The highest BCUT2D eigenvalue weighted by Crippen LogP contribution is 2.51. The molecular weight excluding hydrogens is 426 g/mol. The predicted octanol–water partition coefficient (Wildman–Crippen LogP) is 4.84. The molecule has 0 bridgehead atoms. The van der Waals surface area contributed by atoms with Crippen LogP contribution >= 0.6 is 27.7 Å². The molecule has 3 atom stereocenters. The highest BCUT2D eigenvalue weighted by atomic mass is 79.9. The fraction of sp³-hybridized carbons (Fsp3) is 0.400. The fourth-order valence-corrected chi connectivity index (χ4v) is 5.66. The van der Waals surface area contributed by atoms with Crippen molar-refractivity contribution < 1.29 is 9.47 Å². The summed E-state index contributed by atoms with van der Waals surface area (Å²) < 4.78 is 12.1. The molecule has 0 aliphatic carbocycles. The first-order valence-electron chi connectivity index (χ1n) is 8.99. The minimum Gasteiger partial charge on any atom is -0.496 e. The highest BCUT2D eigenvalue weighted by molar-refractivity contribution is 9.10. The maximum Gasteiger partial charge on any atom is 0.160 e. The van der Waals surface area contributed by atoms with E-state index in [2.05, 4.69) is 44.9 Å². The van der Waals surface area contributed by atoms with Crippen LogP contribution in [0.1, 0.15) is 36.7 Å². The Labute approximate surface area is 172 Å². The van der Waals surface area contributed by atoms with Gasteiger partial charge in [-0.1, -0.05) is 24.8 Å². The van der Waals surface area contributed by atoms with Crippen molar-refractivity contribution in [3.05, 3.63) is 52.3 Å². The third-order valence-corrected chi connectivity index (χ3v) is 6.90. The summed E-state index contributed by atoms with van der Waals surface area (Å²) in [7, 11) is 3.37. The lowest BCUT2D eigenvalue weighted by molar-refractivity contribution is 0.248. The molecule has 0 radical (unpaired) electrons. The van der Waals surface area contributed by atoms with Gasteiger partial charge in [-0.2, -0.15) is 0 Å². The summed E-state index contributed by atoms with van der Waals surface area (Å²) in [6, 6.07) is 10.5. The Hall–Kier alpha value is -1.73. The van der Waals surface area contributed by atoms with Gasteiger partial charge in [0.1, 0.15) is 17.5 Å². The predicted molar refractivity (Wildman–Crippen MR) is 113 cm³/mol. The average Bonchev–Trinajstić information content (AvgIpc) is 3.27. The molecule has 0 unspecified atom stereocenters. The summed E-state index contributed by atoms with van der Waals surface area (Å²) in [6.07, 6.45) is 2.92. The third kappa shape index (κ3) is 3.21. The van der Waals surface area contributed by atoms with Crippen LogP contribution in [-0.2, 0) is 0 Å². The average molecular weight is 448 g/mol. The summed E-state index contributed by atoms with van der Waals surface area (Å²) in [4.78, 5) is 12.1. The van der Waals surface area contributed by atoms with Crippen molar-refractivity contribution in [3.63, 3.8) is 0 Å². The third-order valence-electron chi connectivity index (χ3n) is 5.15. The second-order valence-corrected chi connectivity index (χ2v) is 8.41.